The molecule has 1 heterocycles. The predicted molar refractivity (Wildman–Crippen MR) is 75.5 cm³/mol. The van der Waals surface area contributed by atoms with Gasteiger partial charge in [0.15, 0.2) is 5.76 Å². The lowest BCUT2D eigenvalue weighted by Gasteiger charge is -2.00. The first-order chi connectivity index (χ1) is 9.58. The van der Waals surface area contributed by atoms with Crippen molar-refractivity contribution in [3.63, 3.8) is 0 Å². The molecule has 3 heteroatoms. The fraction of sp³-hybridized carbons (Fsp3) is 0.118. The molecule has 100 valence electrons. The van der Waals surface area contributed by atoms with Gasteiger partial charge in [-0.15, -0.1) is 0 Å². The number of halogens is 1. The number of hydrogen-bond acceptors (Lipinski definition) is 2. The molecular formula is C17H13FO2. The monoisotopic (exact) mass is 268 g/mol. The van der Waals surface area contributed by atoms with Crippen molar-refractivity contribution in [3.05, 3.63) is 70.7 Å². The summed E-state index contributed by atoms with van der Waals surface area (Å²) in [6.07, 6.45) is 0. The van der Waals surface area contributed by atoms with Crippen molar-refractivity contribution in [2.45, 2.75) is 13.8 Å². The Labute approximate surface area is 115 Å². The van der Waals surface area contributed by atoms with Gasteiger partial charge in [0.05, 0.1) is 5.56 Å². The van der Waals surface area contributed by atoms with Crippen LogP contribution in [0.4, 0.5) is 4.39 Å². The van der Waals surface area contributed by atoms with E-state index in [-0.39, 0.29) is 11.3 Å². The minimum absolute atomic E-state index is 0.0337. The molecule has 0 aliphatic carbocycles. The molecule has 0 saturated carbocycles. The zero-order chi connectivity index (χ0) is 14.3. The second kappa shape index (κ2) is 4.60. The average Bonchev–Trinajstić information content (AvgIpc) is 2.75. The molecule has 2 nitrogen and oxygen atoms in total. The quantitative estimate of drug-likeness (QED) is 0.644. The molecule has 2 aromatic carbocycles. The molecule has 0 aliphatic heterocycles. The normalized spacial score (nSPS) is 10.9. The van der Waals surface area contributed by atoms with Gasteiger partial charge in [-0.05, 0) is 37.6 Å². The number of carbonyl (C=O) groups excluding carboxylic acids is 1. The van der Waals surface area contributed by atoms with E-state index in [0.717, 1.165) is 16.5 Å². The summed E-state index contributed by atoms with van der Waals surface area (Å²) in [5.74, 6) is -0.751. The molecule has 0 bridgehead atoms. The fourth-order valence-electron chi connectivity index (χ4n) is 2.32. The highest BCUT2D eigenvalue weighted by atomic mass is 19.1. The van der Waals surface area contributed by atoms with Crippen LogP contribution in [0.25, 0.3) is 11.0 Å². The first kappa shape index (κ1) is 12.6. The van der Waals surface area contributed by atoms with Gasteiger partial charge in [-0.1, -0.05) is 24.3 Å². The number of ketones is 1. The lowest BCUT2D eigenvalue weighted by atomic mass is 10.0. The highest BCUT2D eigenvalue weighted by molar-refractivity contribution is 6.10. The lowest BCUT2D eigenvalue weighted by Crippen LogP contribution is -2.04. The molecule has 0 aliphatic rings. The highest BCUT2D eigenvalue weighted by Gasteiger charge is 2.21. The largest absolute Gasteiger partial charge is 0.452 e. The van der Waals surface area contributed by atoms with E-state index in [4.69, 9.17) is 4.42 Å². The number of furan rings is 1. The zero-order valence-corrected chi connectivity index (χ0v) is 11.2. The summed E-state index contributed by atoms with van der Waals surface area (Å²) >= 11 is 0. The Morgan fingerprint density at radius 2 is 1.85 bits per heavy atom. The summed E-state index contributed by atoms with van der Waals surface area (Å²) in [4.78, 5) is 12.4. The topological polar surface area (TPSA) is 30.2 Å². The third-order valence-electron chi connectivity index (χ3n) is 3.42. The van der Waals surface area contributed by atoms with Crippen molar-refractivity contribution in [2.75, 3.05) is 0 Å². The molecule has 0 radical (unpaired) electrons. The van der Waals surface area contributed by atoms with Gasteiger partial charge < -0.3 is 4.42 Å². The van der Waals surface area contributed by atoms with Crippen LogP contribution in [0.1, 0.15) is 27.2 Å². The van der Waals surface area contributed by atoms with Gasteiger partial charge in [0.25, 0.3) is 0 Å². The van der Waals surface area contributed by atoms with Gasteiger partial charge in [0, 0.05) is 10.9 Å². The van der Waals surface area contributed by atoms with E-state index in [1.165, 1.54) is 12.1 Å². The van der Waals surface area contributed by atoms with Crippen molar-refractivity contribution in [3.8, 4) is 0 Å². The number of aryl methyl sites for hydroxylation is 2. The Morgan fingerprint density at radius 3 is 2.60 bits per heavy atom. The van der Waals surface area contributed by atoms with Crippen molar-refractivity contribution in [1.29, 1.82) is 0 Å². The van der Waals surface area contributed by atoms with E-state index < -0.39 is 11.6 Å². The molecule has 20 heavy (non-hydrogen) atoms. The van der Waals surface area contributed by atoms with Crippen molar-refractivity contribution in [1.82, 2.24) is 0 Å². The summed E-state index contributed by atoms with van der Waals surface area (Å²) in [5, 5.41) is 0.885. The molecule has 1 aromatic heterocycles. The summed E-state index contributed by atoms with van der Waals surface area (Å²) < 4.78 is 19.3. The van der Waals surface area contributed by atoms with Crippen LogP contribution in [-0.2, 0) is 0 Å². The minimum atomic E-state index is -0.534. The standard InChI is InChI=1S/C17H13FO2/c1-10-7-8-12-11(2)17(20-15(12)9-10)16(19)13-5-3-4-6-14(13)18/h3-9H,1-2H3. The molecule has 0 spiro atoms. The predicted octanol–water partition coefficient (Wildman–Crippen LogP) is 4.42. The Kier molecular flexibility index (Phi) is 2.90. The smallest absolute Gasteiger partial charge is 0.231 e. The molecule has 0 N–H and O–H groups in total. The van der Waals surface area contributed by atoms with E-state index in [9.17, 15) is 9.18 Å². The van der Waals surface area contributed by atoms with E-state index in [2.05, 4.69) is 0 Å². The van der Waals surface area contributed by atoms with Crippen molar-refractivity contribution >= 4 is 16.8 Å². The Balaban J connectivity index is 2.18. The zero-order valence-electron chi connectivity index (χ0n) is 11.2. The van der Waals surface area contributed by atoms with E-state index in [1.54, 1.807) is 12.1 Å². The Hall–Kier alpha value is -2.42. The van der Waals surface area contributed by atoms with Gasteiger partial charge in [-0.25, -0.2) is 4.39 Å². The van der Waals surface area contributed by atoms with Gasteiger partial charge in [0.2, 0.25) is 5.78 Å². The third-order valence-corrected chi connectivity index (χ3v) is 3.42. The molecule has 0 fully saturated rings. The number of carbonyl (C=O) groups is 1. The summed E-state index contributed by atoms with van der Waals surface area (Å²) in [6.45, 7) is 3.77. The minimum Gasteiger partial charge on any atom is -0.452 e. The summed E-state index contributed by atoms with van der Waals surface area (Å²) in [5.41, 5.74) is 2.48. The number of rotatable bonds is 2. The summed E-state index contributed by atoms with van der Waals surface area (Å²) in [6, 6.07) is 11.7. The summed E-state index contributed by atoms with van der Waals surface area (Å²) in [7, 11) is 0. The van der Waals surface area contributed by atoms with Crippen LogP contribution in [0.15, 0.2) is 46.9 Å². The third kappa shape index (κ3) is 1.92. The van der Waals surface area contributed by atoms with Crippen LogP contribution in [-0.4, -0.2) is 5.78 Å². The van der Waals surface area contributed by atoms with E-state index >= 15 is 0 Å². The van der Waals surface area contributed by atoms with Crippen LogP contribution in [0.2, 0.25) is 0 Å². The Morgan fingerprint density at radius 1 is 1.10 bits per heavy atom. The number of hydrogen-bond donors (Lipinski definition) is 0. The van der Waals surface area contributed by atoms with Gasteiger partial charge >= 0.3 is 0 Å². The van der Waals surface area contributed by atoms with E-state index in [1.807, 2.05) is 32.0 Å². The maximum absolute atomic E-state index is 13.7. The molecule has 0 amide bonds. The Bertz CT molecular complexity index is 815. The lowest BCUT2D eigenvalue weighted by molar-refractivity contribution is 0.101. The van der Waals surface area contributed by atoms with Crippen LogP contribution in [0, 0.1) is 19.7 Å². The van der Waals surface area contributed by atoms with Crippen LogP contribution in [0.5, 0.6) is 0 Å². The molecular weight excluding hydrogens is 255 g/mol. The maximum atomic E-state index is 13.7. The van der Waals surface area contributed by atoms with Gasteiger partial charge in [-0.2, -0.15) is 0 Å². The fourth-order valence-corrected chi connectivity index (χ4v) is 2.32. The number of fused-ring (bicyclic) bond motifs is 1. The van der Waals surface area contributed by atoms with Gasteiger partial charge in [0.1, 0.15) is 11.4 Å². The van der Waals surface area contributed by atoms with Crippen molar-refractivity contribution < 1.29 is 13.6 Å². The second-order valence-electron chi connectivity index (χ2n) is 4.86. The molecule has 0 atom stereocenters. The molecule has 0 unspecified atom stereocenters. The van der Waals surface area contributed by atoms with Gasteiger partial charge in [-0.3, -0.25) is 4.79 Å². The van der Waals surface area contributed by atoms with E-state index in [0.29, 0.717) is 5.58 Å². The highest BCUT2D eigenvalue weighted by Crippen LogP contribution is 2.28. The first-order valence-electron chi connectivity index (χ1n) is 6.37. The maximum Gasteiger partial charge on any atom is 0.231 e. The molecule has 3 rings (SSSR count). The first-order valence-corrected chi connectivity index (χ1v) is 6.37. The van der Waals surface area contributed by atoms with Crippen molar-refractivity contribution in [2.24, 2.45) is 0 Å². The van der Waals surface area contributed by atoms with Crippen LogP contribution in [0.3, 0.4) is 0 Å². The molecule has 3 aromatic rings. The van der Waals surface area contributed by atoms with Crippen LogP contribution < -0.4 is 0 Å². The van der Waals surface area contributed by atoms with Crippen LogP contribution >= 0.6 is 0 Å². The average molecular weight is 268 g/mol. The SMILES string of the molecule is Cc1ccc2c(C)c(C(=O)c3ccccc3F)oc2c1. The second-order valence-corrected chi connectivity index (χ2v) is 4.86. The molecule has 0 saturated heterocycles. The number of benzene rings is 2.